The van der Waals surface area contributed by atoms with Gasteiger partial charge in [-0.15, -0.1) is 26.3 Å². The van der Waals surface area contributed by atoms with Crippen molar-refractivity contribution in [2.75, 3.05) is 5.73 Å². The van der Waals surface area contributed by atoms with E-state index in [1.807, 2.05) is 0 Å². The quantitative estimate of drug-likeness (QED) is 0.650. The maximum atomic E-state index is 12.3. The third-order valence-corrected chi connectivity index (χ3v) is 2.64. The minimum absolute atomic E-state index is 0.186. The number of ether oxygens (including phenoxy) is 2. The van der Waals surface area contributed by atoms with Crippen molar-refractivity contribution in [3.8, 4) is 22.6 Å². The minimum Gasteiger partial charge on any atom is -0.406 e. The summed E-state index contributed by atoms with van der Waals surface area (Å²) in [4.78, 5) is 0. The van der Waals surface area contributed by atoms with Gasteiger partial charge in [-0.25, -0.2) is 0 Å². The molecule has 124 valence electrons. The third-order valence-electron chi connectivity index (χ3n) is 2.64. The maximum Gasteiger partial charge on any atom is 0.573 e. The zero-order valence-corrected chi connectivity index (χ0v) is 11.2. The van der Waals surface area contributed by atoms with Gasteiger partial charge in [0.1, 0.15) is 5.75 Å². The van der Waals surface area contributed by atoms with Gasteiger partial charge in [0.05, 0.1) is 5.69 Å². The van der Waals surface area contributed by atoms with Crippen molar-refractivity contribution < 1.29 is 35.8 Å². The van der Waals surface area contributed by atoms with Gasteiger partial charge >= 0.3 is 12.7 Å². The number of rotatable bonds is 3. The van der Waals surface area contributed by atoms with E-state index >= 15 is 0 Å². The SMILES string of the molecule is Nc1ccc(-c2cccc(OC(F)(F)F)c2)cc1OC(F)(F)F. The first-order chi connectivity index (χ1) is 10.5. The second-order valence-electron chi connectivity index (χ2n) is 4.38. The highest BCUT2D eigenvalue weighted by Crippen LogP contribution is 2.34. The van der Waals surface area contributed by atoms with E-state index in [4.69, 9.17) is 5.73 Å². The zero-order valence-electron chi connectivity index (χ0n) is 11.2. The summed E-state index contributed by atoms with van der Waals surface area (Å²) in [5, 5.41) is 0. The van der Waals surface area contributed by atoms with Gasteiger partial charge in [0, 0.05) is 0 Å². The van der Waals surface area contributed by atoms with E-state index in [0.29, 0.717) is 0 Å². The number of hydrogen-bond donors (Lipinski definition) is 1. The highest BCUT2D eigenvalue weighted by atomic mass is 19.4. The van der Waals surface area contributed by atoms with E-state index in [-0.39, 0.29) is 16.8 Å². The molecule has 0 heterocycles. The first kappa shape index (κ1) is 16.8. The molecule has 0 amide bonds. The molecule has 0 aliphatic carbocycles. The topological polar surface area (TPSA) is 44.5 Å². The molecular weight excluding hydrogens is 328 g/mol. The van der Waals surface area contributed by atoms with Gasteiger partial charge in [-0.05, 0) is 35.4 Å². The second-order valence-corrected chi connectivity index (χ2v) is 4.38. The molecule has 0 fully saturated rings. The lowest BCUT2D eigenvalue weighted by Crippen LogP contribution is -2.18. The molecule has 2 aromatic carbocycles. The summed E-state index contributed by atoms with van der Waals surface area (Å²) in [7, 11) is 0. The van der Waals surface area contributed by atoms with Crippen molar-refractivity contribution in [3.63, 3.8) is 0 Å². The van der Waals surface area contributed by atoms with Crippen LogP contribution >= 0.6 is 0 Å². The molecule has 0 unspecified atom stereocenters. The van der Waals surface area contributed by atoms with Crippen LogP contribution in [0.4, 0.5) is 32.0 Å². The summed E-state index contributed by atoms with van der Waals surface area (Å²) in [6.07, 6.45) is -9.81. The van der Waals surface area contributed by atoms with Crippen LogP contribution in [-0.4, -0.2) is 12.7 Å². The molecule has 23 heavy (non-hydrogen) atoms. The van der Waals surface area contributed by atoms with Crippen molar-refractivity contribution in [2.45, 2.75) is 12.7 Å². The minimum atomic E-state index is -4.94. The molecule has 3 nitrogen and oxygen atoms in total. The Balaban J connectivity index is 2.35. The van der Waals surface area contributed by atoms with Crippen LogP contribution in [0.25, 0.3) is 11.1 Å². The van der Waals surface area contributed by atoms with E-state index < -0.39 is 24.2 Å². The molecule has 2 N–H and O–H groups in total. The van der Waals surface area contributed by atoms with Crippen molar-refractivity contribution in [2.24, 2.45) is 0 Å². The number of hydrogen-bond acceptors (Lipinski definition) is 3. The van der Waals surface area contributed by atoms with Crippen LogP contribution in [0.15, 0.2) is 42.5 Å². The van der Waals surface area contributed by atoms with Crippen LogP contribution in [0, 0.1) is 0 Å². The van der Waals surface area contributed by atoms with Crippen molar-refractivity contribution in [1.29, 1.82) is 0 Å². The van der Waals surface area contributed by atoms with Crippen LogP contribution in [0.2, 0.25) is 0 Å². The summed E-state index contributed by atoms with van der Waals surface area (Å²) in [5.74, 6) is -1.14. The van der Waals surface area contributed by atoms with Crippen LogP contribution in [-0.2, 0) is 0 Å². The zero-order chi connectivity index (χ0) is 17.3. The van der Waals surface area contributed by atoms with Gasteiger partial charge in [-0.1, -0.05) is 18.2 Å². The van der Waals surface area contributed by atoms with Crippen molar-refractivity contribution in [1.82, 2.24) is 0 Å². The largest absolute Gasteiger partial charge is 0.573 e. The molecule has 0 atom stereocenters. The van der Waals surface area contributed by atoms with E-state index in [0.717, 1.165) is 24.3 Å². The van der Waals surface area contributed by atoms with Crippen LogP contribution in [0.3, 0.4) is 0 Å². The normalized spacial score (nSPS) is 12.1. The second kappa shape index (κ2) is 5.90. The number of benzene rings is 2. The Hall–Kier alpha value is -2.58. The number of nitrogens with two attached hydrogens (primary N) is 1. The van der Waals surface area contributed by atoms with Crippen molar-refractivity contribution >= 4 is 5.69 Å². The number of anilines is 1. The highest BCUT2D eigenvalue weighted by molar-refractivity contribution is 5.70. The van der Waals surface area contributed by atoms with E-state index in [1.54, 1.807) is 0 Å². The Kier molecular flexibility index (Phi) is 4.31. The molecule has 0 saturated heterocycles. The molecule has 0 bridgehead atoms. The Morgan fingerprint density at radius 2 is 1.35 bits per heavy atom. The Morgan fingerprint density at radius 1 is 0.739 bits per heavy atom. The summed E-state index contributed by atoms with van der Waals surface area (Å²) < 4.78 is 81.0. The molecule has 2 rings (SSSR count). The van der Waals surface area contributed by atoms with Crippen LogP contribution in [0.1, 0.15) is 0 Å². The van der Waals surface area contributed by atoms with Gasteiger partial charge in [0.25, 0.3) is 0 Å². The standard InChI is InChI=1S/C14H9F6NO2/c15-13(16,17)22-10-3-1-2-8(6-10)9-4-5-11(21)12(7-9)23-14(18,19)20/h1-7H,21H2. The van der Waals surface area contributed by atoms with Gasteiger partial charge in [0.2, 0.25) is 0 Å². The maximum absolute atomic E-state index is 12.3. The Labute approximate surface area is 126 Å². The summed E-state index contributed by atoms with van der Waals surface area (Å²) in [6.45, 7) is 0. The Bertz CT molecular complexity index is 696. The lowest BCUT2D eigenvalue weighted by Gasteiger charge is -2.13. The lowest BCUT2D eigenvalue weighted by molar-refractivity contribution is -0.275. The lowest BCUT2D eigenvalue weighted by atomic mass is 10.0. The van der Waals surface area contributed by atoms with E-state index in [2.05, 4.69) is 9.47 Å². The molecular formula is C14H9F6NO2. The molecule has 0 aliphatic rings. The highest BCUT2D eigenvalue weighted by Gasteiger charge is 2.32. The van der Waals surface area contributed by atoms with Crippen molar-refractivity contribution in [3.05, 3.63) is 42.5 Å². The predicted molar refractivity (Wildman–Crippen MR) is 69.7 cm³/mol. The molecule has 0 aromatic heterocycles. The molecule has 0 spiro atoms. The van der Waals surface area contributed by atoms with Gasteiger partial charge in [0.15, 0.2) is 5.75 Å². The Morgan fingerprint density at radius 3 is 1.96 bits per heavy atom. The van der Waals surface area contributed by atoms with Gasteiger partial charge in [-0.2, -0.15) is 0 Å². The first-order valence-corrected chi connectivity index (χ1v) is 6.05. The van der Waals surface area contributed by atoms with E-state index in [1.165, 1.54) is 18.2 Å². The van der Waals surface area contributed by atoms with Crippen LogP contribution < -0.4 is 15.2 Å². The summed E-state index contributed by atoms with van der Waals surface area (Å²) >= 11 is 0. The smallest absolute Gasteiger partial charge is 0.406 e. The number of nitrogen functional groups attached to an aromatic ring is 1. The third kappa shape index (κ3) is 4.97. The monoisotopic (exact) mass is 337 g/mol. The fourth-order valence-corrected chi connectivity index (χ4v) is 1.80. The average Bonchev–Trinajstić information content (AvgIpc) is 2.38. The molecule has 0 saturated carbocycles. The van der Waals surface area contributed by atoms with Gasteiger partial charge in [-0.3, -0.25) is 0 Å². The summed E-state index contributed by atoms with van der Waals surface area (Å²) in [5.41, 5.74) is 5.53. The molecule has 0 aliphatic heterocycles. The fourth-order valence-electron chi connectivity index (χ4n) is 1.80. The fraction of sp³-hybridized carbons (Fsp3) is 0.143. The van der Waals surface area contributed by atoms with Crippen LogP contribution in [0.5, 0.6) is 11.5 Å². The van der Waals surface area contributed by atoms with E-state index in [9.17, 15) is 26.3 Å². The first-order valence-electron chi connectivity index (χ1n) is 6.05. The molecule has 9 heteroatoms. The van der Waals surface area contributed by atoms with Gasteiger partial charge < -0.3 is 15.2 Å². The molecule has 2 aromatic rings. The predicted octanol–water partition coefficient (Wildman–Crippen LogP) is 4.73. The molecule has 0 radical (unpaired) electrons. The summed E-state index contributed by atoms with van der Waals surface area (Å²) in [6, 6.07) is 8.29. The number of alkyl halides is 6. The average molecular weight is 337 g/mol. The number of halogens is 6.